The van der Waals surface area contributed by atoms with Gasteiger partial charge in [0.15, 0.2) is 5.82 Å². The lowest BCUT2D eigenvalue weighted by Gasteiger charge is -2.01. The summed E-state index contributed by atoms with van der Waals surface area (Å²) in [7, 11) is 0. The highest BCUT2D eigenvalue weighted by Crippen LogP contribution is 2.26. The van der Waals surface area contributed by atoms with Crippen molar-refractivity contribution in [3.8, 4) is 17.2 Å². The fourth-order valence-electron chi connectivity index (χ4n) is 2.11. The Morgan fingerprint density at radius 2 is 2.00 bits per heavy atom. The summed E-state index contributed by atoms with van der Waals surface area (Å²) in [5.41, 5.74) is 9.00. The molecule has 0 unspecified atom stereocenters. The maximum absolute atomic E-state index is 9.43. The first-order chi connectivity index (χ1) is 10.1. The number of nitrogens with two attached hydrogens (primary N) is 1. The van der Waals surface area contributed by atoms with Crippen LogP contribution in [0.25, 0.3) is 11.5 Å². The van der Waals surface area contributed by atoms with Crippen molar-refractivity contribution in [2.24, 2.45) is 0 Å². The number of aromatic hydroxyl groups is 1. The molecule has 0 aliphatic carbocycles. The third-order valence-electron chi connectivity index (χ3n) is 3.35. The first-order valence-corrected chi connectivity index (χ1v) is 6.59. The lowest BCUT2D eigenvalue weighted by molar-refractivity contribution is 0.423. The topological polar surface area (TPSA) is 85.2 Å². The monoisotopic (exact) mass is 281 g/mol. The molecule has 0 saturated heterocycles. The van der Waals surface area contributed by atoms with E-state index in [1.807, 2.05) is 18.2 Å². The number of benzene rings is 2. The summed E-state index contributed by atoms with van der Waals surface area (Å²) >= 11 is 0. The molecule has 0 amide bonds. The maximum atomic E-state index is 9.43. The summed E-state index contributed by atoms with van der Waals surface area (Å²) in [6.07, 6.45) is 0.615. The first-order valence-electron chi connectivity index (χ1n) is 6.59. The smallest absolute Gasteiger partial charge is 0.258 e. The van der Waals surface area contributed by atoms with Crippen molar-refractivity contribution in [3.05, 3.63) is 59.4 Å². The SMILES string of the molecule is Cc1ccccc1Cc1noc(-c2ccc(O)c(N)c2)n1. The van der Waals surface area contributed by atoms with E-state index in [1.165, 1.54) is 11.6 Å². The molecule has 0 bridgehead atoms. The van der Waals surface area contributed by atoms with Crippen LogP contribution >= 0.6 is 0 Å². The van der Waals surface area contributed by atoms with Gasteiger partial charge in [-0.05, 0) is 36.2 Å². The van der Waals surface area contributed by atoms with Crippen molar-refractivity contribution < 1.29 is 9.63 Å². The van der Waals surface area contributed by atoms with Crippen molar-refractivity contribution in [2.45, 2.75) is 13.3 Å². The van der Waals surface area contributed by atoms with Gasteiger partial charge in [0.2, 0.25) is 0 Å². The number of nitrogen functional groups attached to an aromatic ring is 1. The zero-order valence-electron chi connectivity index (χ0n) is 11.6. The maximum Gasteiger partial charge on any atom is 0.258 e. The van der Waals surface area contributed by atoms with E-state index in [4.69, 9.17) is 10.3 Å². The van der Waals surface area contributed by atoms with E-state index in [9.17, 15) is 5.11 Å². The van der Waals surface area contributed by atoms with Crippen molar-refractivity contribution in [1.29, 1.82) is 0 Å². The second-order valence-electron chi connectivity index (χ2n) is 4.89. The number of rotatable bonds is 3. The fourth-order valence-corrected chi connectivity index (χ4v) is 2.11. The van der Waals surface area contributed by atoms with Gasteiger partial charge < -0.3 is 15.4 Å². The number of anilines is 1. The first kappa shape index (κ1) is 13.2. The lowest BCUT2D eigenvalue weighted by Crippen LogP contribution is -1.93. The van der Waals surface area contributed by atoms with Crippen molar-refractivity contribution in [2.75, 3.05) is 5.73 Å². The fraction of sp³-hybridized carbons (Fsp3) is 0.125. The molecule has 1 aromatic heterocycles. The number of nitrogens with zero attached hydrogens (tertiary/aromatic N) is 2. The van der Waals surface area contributed by atoms with Gasteiger partial charge in [-0.15, -0.1) is 0 Å². The Balaban J connectivity index is 1.86. The van der Waals surface area contributed by atoms with Gasteiger partial charge in [0.25, 0.3) is 5.89 Å². The molecule has 0 spiro atoms. The molecular weight excluding hydrogens is 266 g/mol. The quantitative estimate of drug-likeness (QED) is 0.569. The molecule has 0 saturated carbocycles. The van der Waals surface area contributed by atoms with Crippen LogP contribution in [-0.4, -0.2) is 15.2 Å². The molecule has 1 heterocycles. The van der Waals surface area contributed by atoms with Crippen LogP contribution in [0.5, 0.6) is 5.75 Å². The van der Waals surface area contributed by atoms with E-state index in [-0.39, 0.29) is 11.4 Å². The van der Waals surface area contributed by atoms with E-state index < -0.39 is 0 Å². The number of hydrogen-bond acceptors (Lipinski definition) is 5. The van der Waals surface area contributed by atoms with Crippen molar-refractivity contribution >= 4 is 5.69 Å². The Morgan fingerprint density at radius 1 is 1.19 bits per heavy atom. The molecule has 106 valence electrons. The van der Waals surface area contributed by atoms with E-state index >= 15 is 0 Å². The average Bonchev–Trinajstić information content (AvgIpc) is 2.93. The van der Waals surface area contributed by atoms with Crippen LogP contribution in [0.1, 0.15) is 17.0 Å². The zero-order chi connectivity index (χ0) is 14.8. The Hall–Kier alpha value is -2.82. The molecule has 3 rings (SSSR count). The normalized spacial score (nSPS) is 10.7. The van der Waals surface area contributed by atoms with Gasteiger partial charge in [-0.2, -0.15) is 4.98 Å². The average molecular weight is 281 g/mol. The van der Waals surface area contributed by atoms with Crippen LogP contribution in [0, 0.1) is 6.92 Å². The molecule has 3 N–H and O–H groups in total. The van der Waals surface area contributed by atoms with Crippen LogP contribution in [-0.2, 0) is 6.42 Å². The Bertz CT molecular complexity index is 781. The molecule has 0 radical (unpaired) electrons. The summed E-state index contributed by atoms with van der Waals surface area (Å²) in [6, 6.07) is 12.9. The highest BCUT2D eigenvalue weighted by atomic mass is 16.5. The van der Waals surface area contributed by atoms with Gasteiger partial charge in [-0.1, -0.05) is 29.4 Å². The molecule has 0 aliphatic heterocycles. The minimum Gasteiger partial charge on any atom is -0.506 e. The number of phenols is 1. The number of hydrogen-bond donors (Lipinski definition) is 2. The predicted octanol–water partition coefficient (Wildman–Crippen LogP) is 2.92. The third kappa shape index (κ3) is 2.72. The van der Waals surface area contributed by atoms with Crippen LogP contribution in [0.15, 0.2) is 47.0 Å². The molecule has 0 aliphatic rings. The Morgan fingerprint density at radius 3 is 2.76 bits per heavy atom. The summed E-state index contributed by atoms with van der Waals surface area (Å²) < 4.78 is 5.26. The van der Waals surface area contributed by atoms with Gasteiger partial charge in [-0.3, -0.25) is 0 Å². The predicted molar refractivity (Wildman–Crippen MR) is 79.8 cm³/mol. The van der Waals surface area contributed by atoms with Gasteiger partial charge in [0.05, 0.1) is 5.69 Å². The second-order valence-corrected chi connectivity index (χ2v) is 4.89. The number of aryl methyl sites for hydroxylation is 1. The van der Waals surface area contributed by atoms with Crippen molar-refractivity contribution in [1.82, 2.24) is 10.1 Å². The third-order valence-corrected chi connectivity index (χ3v) is 3.35. The minimum absolute atomic E-state index is 0.0402. The van der Waals surface area contributed by atoms with Gasteiger partial charge in [0, 0.05) is 12.0 Å². The molecule has 2 aromatic carbocycles. The van der Waals surface area contributed by atoms with E-state index in [2.05, 4.69) is 23.1 Å². The molecule has 5 nitrogen and oxygen atoms in total. The highest BCUT2D eigenvalue weighted by Gasteiger charge is 2.11. The largest absolute Gasteiger partial charge is 0.506 e. The molecule has 21 heavy (non-hydrogen) atoms. The summed E-state index contributed by atoms with van der Waals surface area (Å²) in [6.45, 7) is 2.05. The van der Waals surface area contributed by atoms with Crippen LogP contribution in [0.3, 0.4) is 0 Å². The summed E-state index contributed by atoms with van der Waals surface area (Å²) in [4.78, 5) is 4.37. The Kier molecular flexibility index (Phi) is 3.31. The van der Waals surface area contributed by atoms with Crippen molar-refractivity contribution in [3.63, 3.8) is 0 Å². The van der Waals surface area contributed by atoms with Gasteiger partial charge in [0.1, 0.15) is 5.75 Å². The minimum atomic E-state index is 0.0402. The molecular formula is C16H15N3O2. The standard InChI is InChI=1S/C16H15N3O2/c1-10-4-2-3-5-11(10)9-15-18-16(21-19-15)12-6-7-14(20)13(17)8-12/h2-8,20H,9,17H2,1H3. The van der Waals surface area contributed by atoms with E-state index in [1.54, 1.807) is 12.1 Å². The highest BCUT2D eigenvalue weighted by molar-refractivity contribution is 5.64. The van der Waals surface area contributed by atoms with Gasteiger partial charge >= 0.3 is 0 Å². The zero-order valence-corrected chi connectivity index (χ0v) is 11.6. The second kappa shape index (κ2) is 5.28. The summed E-state index contributed by atoms with van der Waals surface area (Å²) in [5.74, 6) is 1.05. The van der Waals surface area contributed by atoms with Crippen LogP contribution < -0.4 is 5.73 Å². The molecule has 0 atom stereocenters. The number of phenolic OH excluding ortho intramolecular Hbond substituents is 1. The molecule has 3 aromatic rings. The van der Waals surface area contributed by atoms with E-state index in [0.717, 1.165) is 5.56 Å². The lowest BCUT2D eigenvalue weighted by atomic mass is 10.1. The molecule has 5 heteroatoms. The number of aromatic nitrogens is 2. The van der Waals surface area contributed by atoms with Crippen LogP contribution in [0.4, 0.5) is 5.69 Å². The van der Waals surface area contributed by atoms with Crippen LogP contribution in [0.2, 0.25) is 0 Å². The van der Waals surface area contributed by atoms with Gasteiger partial charge in [-0.25, -0.2) is 0 Å². The molecule has 0 fully saturated rings. The Labute approximate surface area is 122 Å². The summed E-state index contributed by atoms with van der Waals surface area (Å²) in [5, 5.41) is 13.4. The van der Waals surface area contributed by atoms with E-state index in [0.29, 0.717) is 23.7 Å².